The number of anilines is 1. The highest BCUT2D eigenvalue weighted by Gasteiger charge is 2.20. The lowest BCUT2D eigenvalue weighted by atomic mass is 10.1. The Morgan fingerprint density at radius 2 is 1.85 bits per heavy atom. The van der Waals surface area contributed by atoms with Crippen molar-refractivity contribution in [2.45, 2.75) is 38.5 Å². The molecule has 7 heteroatoms. The summed E-state index contributed by atoms with van der Waals surface area (Å²) in [6.07, 6.45) is 5.71. The first kappa shape index (κ1) is 22.9. The van der Waals surface area contributed by atoms with Crippen LogP contribution in [0.15, 0.2) is 76.5 Å². The van der Waals surface area contributed by atoms with Gasteiger partial charge in [0.25, 0.3) is 0 Å². The predicted octanol–water partition coefficient (Wildman–Crippen LogP) is 3.64. The van der Waals surface area contributed by atoms with Crippen molar-refractivity contribution in [3.63, 3.8) is 0 Å². The molecule has 4 rings (SSSR count). The van der Waals surface area contributed by atoms with Gasteiger partial charge in [-0.15, -0.1) is 0 Å². The smallest absolute Gasteiger partial charge is 0.191 e. The summed E-state index contributed by atoms with van der Waals surface area (Å²) in [5.41, 5.74) is 2.58. The number of hydrogen-bond acceptors (Lipinski definition) is 5. The van der Waals surface area contributed by atoms with Gasteiger partial charge in [-0.1, -0.05) is 30.3 Å². The number of furan rings is 1. The van der Waals surface area contributed by atoms with Crippen LogP contribution in [-0.4, -0.2) is 49.1 Å². The van der Waals surface area contributed by atoms with Crippen LogP contribution >= 0.6 is 0 Å². The van der Waals surface area contributed by atoms with Crippen LogP contribution in [0.5, 0.6) is 0 Å². The molecule has 1 aliphatic heterocycles. The van der Waals surface area contributed by atoms with E-state index < -0.39 is 0 Å². The van der Waals surface area contributed by atoms with E-state index in [-0.39, 0.29) is 0 Å². The van der Waals surface area contributed by atoms with E-state index in [9.17, 15) is 0 Å². The third-order valence-corrected chi connectivity index (χ3v) is 6.04. The highest BCUT2D eigenvalue weighted by molar-refractivity contribution is 5.80. The van der Waals surface area contributed by atoms with Crippen LogP contribution in [0.1, 0.15) is 29.7 Å². The van der Waals surface area contributed by atoms with Gasteiger partial charge in [0.2, 0.25) is 0 Å². The van der Waals surface area contributed by atoms with Crippen molar-refractivity contribution in [1.29, 1.82) is 0 Å². The largest absolute Gasteiger partial charge is 0.468 e. The quantitative estimate of drug-likeness (QED) is 0.407. The molecule has 0 aliphatic carbocycles. The number of rotatable bonds is 8. The van der Waals surface area contributed by atoms with Crippen molar-refractivity contribution in [2.75, 3.05) is 32.1 Å². The summed E-state index contributed by atoms with van der Waals surface area (Å²) in [5, 5.41) is 7.12. The van der Waals surface area contributed by atoms with E-state index in [1.54, 1.807) is 6.26 Å². The van der Waals surface area contributed by atoms with Crippen LogP contribution in [0.2, 0.25) is 0 Å². The number of nitrogens with zero attached hydrogens (tertiary/aromatic N) is 4. The number of aromatic nitrogens is 1. The minimum absolute atomic E-state index is 0.408. The van der Waals surface area contributed by atoms with Gasteiger partial charge in [0, 0.05) is 45.5 Å². The highest BCUT2D eigenvalue weighted by Crippen LogP contribution is 2.17. The Morgan fingerprint density at radius 1 is 1.06 bits per heavy atom. The number of hydrogen-bond donors (Lipinski definition) is 2. The minimum Gasteiger partial charge on any atom is -0.468 e. The molecule has 1 fully saturated rings. The molecule has 2 N–H and O–H groups in total. The van der Waals surface area contributed by atoms with Crippen LogP contribution < -0.4 is 15.5 Å². The van der Waals surface area contributed by atoms with Gasteiger partial charge in [-0.25, -0.2) is 4.98 Å². The van der Waals surface area contributed by atoms with Gasteiger partial charge in [0.1, 0.15) is 11.6 Å². The molecule has 33 heavy (non-hydrogen) atoms. The fourth-order valence-corrected chi connectivity index (χ4v) is 4.26. The third kappa shape index (κ3) is 6.58. The van der Waals surface area contributed by atoms with E-state index >= 15 is 0 Å². The second kappa shape index (κ2) is 11.5. The monoisotopic (exact) mass is 446 g/mol. The van der Waals surface area contributed by atoms with Gasteiger partial charge in [-0.05, 0) is 55.3 Å². The van der Waals surface area contributed by atoms with Crippen LogP contribution in [-0.2, 0) is 19.6 Å². The second-order valence-electron chi connectivity index (χ2n) is 8.54. The number of aliphatic imine (C=N–C) groups is 1. The van der Waals surface area contributed by atoms with Crippen molar-refractivity contribution in [1.82, 2.24) is 20.5 Å². The van der Waals surface area contributed by atoms with Gasteiger partial charge in [0.15, 0.2) is 5.96 Å². The molecule has 0 radical (unpaired) electrons. The molecule has 0 spiro atoms. The number of nitrogens with one attached hydrogen (secondary N) is 2. The van der Waals surface area contributed by atoms with Crippen molar-refractivity contribution in [3.8, 4) is 0 Å². The average molecular weight is 447 g/mol. The molecular weight excluding hydrogens is 412 g/mol. The van der Waals surface area contributed by atoms with E-state index in [1.807, 2.05) is 37.5 Å². The normalized spacial score (nSPS) is 15.1. The fourth-order valence-electron chi connectivity index (χ4n) is 4.26. The van der Waals surface area contributed by atoms with Crippen LogP contribution in [0.25, 0.3) is 0 Å². The lowest BCUT2D eigenvalue weighted by Crippen LogP contribution is -2.48. The van der Waals surface area contributed by atoms with Gasteiger partial charge in [0.05, 0.1) is 12.8 Å². The number of benzene rings is 1. The lowest BCUT2D eigenvalue weighted by molar-refractivity contribution is 0.287. The minimum atomic E-state index is 0.408. The fraction of sp³-hybridized carbons (Fsp3) is 0.385. The third-order valence-electron chi connectivity index (χ3n) is 6.04. The number of pyridine rings is 1. The summed E-state index contributed by atoms with van der Waals surface area (Å²) in [6.45, 7) is 4.37. The van der Waals surface area contributed by atoms with E-state index in [0.29, 0.717) is 6.04 Å². The first-order chi connectivity index (χ1) is 16.2. The standard InChI is InChI=1S/C26H34N6O/c1-27-26(30-23-12-15-32(16-13-23)25-11-5-6-14-28-25)29-18-21-8-3-4-9-22(21)19-31(2)20-24-10-7-17-33-24/h3-11,14,17,23H,12-13,15-16,18-20H2,1-2H3,(H2,27,29,30). The zero-order chi connectivity index (χ0) is 22.9. The lowest BCUT2D eigenvalue weighted by Gasteiger charge is -2.33. The molecule has 0 saturated carbocycles. The molecule has 0 atom stereocenters. The van der Waals surface area contributed by atoms with Crippen molar-refractivity contribution < 1.29 is 4.42 Å². The molecular formula is C26H34N6O. The summed E-state index contributed by atoms with van der Waals surface area (Å²) >= 11 is 0. The molecule has 0 bridgehead atoms. The summed E-state index contributed by atoms with van der Waals surface area (Å²) in [7, 11) is 3.95. The maximum absolute atomic E-state index is 5.49. The topological polar surface area (TPSA) is 68.9 Å². The van der Waals surface area contributed by atoms with Crippen molar-refractivity contribution >= 4 is 11.8 Å². The van der Waals surface area contributed by atoms with Crippen LogP contribution in [0.3, 0.4) is 0 Å². The summed E-state index contributed by atoms with van der Waals surface area (Å²) < 4.78 is 5.49. The molecule has 3 heterocycles. The summed E-state index contributed by atoms with van der Waals surface area (Å²) in [4.78, 5) is 13.6. The van der Waals surface area contributed by atoms with Crippen molar-refractivity contribution in [2.24, 2.45) is 4.99 Å². The Balaban J connectivity index is 1.27. The van der Waals surface area contributed by atoms with Gasteiger partial charge >= 0.3 is 0 Å². The van der Waals surface area contributed by atoms with Crippen molar-refractivity contribution in [3.05, 3.63) is 83.9 Å². The molecule has 1 saturated heterocycles. The zero-order valence-electron chi connectivity index (χ0n) is 19.6. The Bertz CT molecular complexity index is 997. The highest BCUT2D eigenvalue weighted by atomic mass is 16.3. The maximum atomic E-state index is 5.49. The second-order valence-corrected chi connectivity index (χ2v) is 8.54. The van der Waals surface area contributed by atoms with E-state index in [2.05, 4.69) is 67.8 Å². The SMILES string of the molecule is CN=C(NCc1ccccc1CN(C)Cc1ccco1)NC1CCN(c2ccccn2)CC1. The number of piperidine rings is 1. The van der Waals surface area contributed by atoms with E-state index in [1.165, 1.54) is 11.1 Å². The molecule has 1 aliphatic rings. The Morgan fingerprint density at radius 3 is 2.55 bits per heavy atom. The van der Waals surface area contributed by atoms with Gasteiger partial charge < -0.3 is 20.0 Å². The molecule has 0 amide bonds. The Hall–Kier alpha value is -3.32. The summed E-state index contributed by atoms with van der Waals surface area (Å²) in [6, 6.07) is 19.0. The van der Waals surface area contributed by atoms with E-state index in [0.717, 1.165) is 63.1 Å². The van der Waals surface area contributed by atoms with Crippen LogP contribution in [0, 0.1) is 0 Å². The summed E-state index contributed by atoms with van der Waals surface area (Å²) in [5.74, 6) is 2.89. The van der Waals surface area contributed by atoms with E-state index in [4.69, 9.17) is 4.42 Å². The molecule has 2 aromatic heterocycles. The Labute approximate surface area is 196 Å². The average Bonchev–Trinajstić information content (AvgIpc) is 3.36. The number of guanidine groups is 1. The molecule has 7 nitrogen and oxygen atoms in total. The molecule has 3 aromatic rings. The maximum Gasteiger partial charge on any atom is 0.191 e. The molecule has 1 aromatic carbocycles. The first-order valence-electron chi connectivity index (χ1n) is 11.6. The van der Waals surface area contributed by atoms with Gasteiger partial charge in [-0.2, -0.15) is 0 Å². The zero-order valence-corrected chi connectivity index (χ0v) is 19.6. The molecule has 0 unspecified atom stereocenters. The first-order valence-corrected chi connectivity index (χ1v) is 11.6. The van der Waals surface area contributed by atoms with Gasteiger partial charge in [-0.3, -0.25) is 9.89 Å². The van der Waals surface area contributed by atoms with Crippen LogP contribution in [0.4, 0.5) is 5.82 Å². The Kier molecular flexibility index (Phi) is 7.98. The molecule has 174 valence electrons. The predicted molar refractivity (Wildman–Crippen MR) is 133 cm³/mol.